The molecule has 1 aliphatic carbocycles. The fraction of sp³-hybridized carbons (Fsp3) is 0.250. The second kappa shape index (κ2) is 6.15. The molecule has 0 spiro atoms. The van der Waals surface area contributed by atoms with Crippen LogP contribution in [-0.4, -0.2) is 6.04 Å². The van der Waals surface area contributed by atoms with Crippen molar-refractivity contribution in [2.45, 2.75) is 24.8 Å². The first kappa shape index (κ1) is 15.1. The second-order valence-corrected chi connectivity index (χ2v) is 7.04. The van der Waals surface area contributed by atoms with Crippen LogP contribution in [0.25, 0.3) is 0 Å². The maximum atomic E-state index is 13.2. The summed E-state index contributed by atoms with van der Waals surface area (Å²) in [4.78, 5) is 0. The molecule has 110 valence electrons. The Morgan fingerprint density at radius 3 is 2.38 bits per heavy atom. The minimum absolute atomic E-state index is 0.178. The van der Waals surface area contributed by atoms with Crippen molar-refractivity contribution in [3.63, 3.8) is 0 Å². The van der Waals surface area contributed by atoms with Crippen LogP contribution in [0, 0.1) is 5.82 Å². The molecule has 1 N–H and O–H groups in total. The largest absolute Gasteiger partial charge is 0.380 e. The number of hydrogen-bond donors (Lipinski definition) is 1. The van der Waals surface area contributed by atoms with Gasteiger partial charge in [0.05, 0.1) is 15.7 Å². The van der Waals surface area contributed by atoms with Crippen LogP contribution >= 0.6 is 39.1 Å². The highest BCUT2D eigenvalue weighted by Gasteiger charge is 2.31. The van der Waals surface area contributed by atoms with Crippen molar-refractivity contribution in [3.05, 3.63) is 62.3 Å². The lowest BCUT2D eigenvalue weighted by Gasteiger charge is -2.37. The molecule has 1 fully saturated rings. The van der Waals surface area contributed by atoms with Crippen molar-refractivity contribution < 1.29 is 4.39 Å². The summed E-state index contributed by atoms with van der Waals surface area (Å²) in [6.07, 6.45) is 1.90. The summed E-state index contributed by atoms with van der Waals surface area (Å²) in [5.74, 6) is 0.217. The van der Waals surface area contributed by atoms with Crippen molar-refractivity contribution in [2.24, 2.45) is 0 Å². The molecular weight excluding hydrogens is 376 g/mol. The van der Waals surface area contributed by atoms with Gasteiger partial charge in [0.15, 0.2) is 0 Å². The summed E-state index contributed by atoms with van der Waals surface area (Å²) in [5, 5.41) is 4.58. The highest BCUT2D eigenvalue weighted by atomic mass is 79.9. The zero-order valence-corrected chi connectivity index (χ0v) is 14.1. The Hall–Kier alpha value is -0.770. The van der Waals surface area contributed by atoms with Gasteiger partial charge in [-0.15, -0.1) is 0 Å². The lowest BCUT2D eigenvalue weighted by Crippen LogP contribution is -2.34. The van der Waals surface area contributed by atoms with E-state index in [0.717, 1.165) is 28.6 Å². The van der Waals surface area contributed by atoms with Crippen molar-refractivity contribution in [1.29, 1.82) is 0 Å². The van der Waals surface area contributed by atoms with Crippen LogP contribution in [0.5, 0.6) is 0 Å². The Kier molecular flexibility index (Phi) is 4.43. The van der Waals surface area contributed by atoms with Gasteiger partial charge in [-0.3, -0.25) is 0 Å². The van der Waals surface area contributed by atoms with E-state index in [0.29, 0.717) is 22.0 Å². The number of benzene rings is 2. The monoisotopic (exact) mass is 387 g/mol. The summed E-state index contributed by atoms with van der Waals surface area (Å²) >= 11 is 15.8. The van der Waals surface area contributed by atoms with Crippen molar-refractivity contribution in [2.75, 3.05) is 5.32 Å². The van der Waals surface area contributed by atoms with Gasteiger partial charge in [-0.2, -0.15) is 0 Å². The molecule has 0 amide bonds. The summed E-state index contributed by atoms with van der Waals surface area (Å²) in [7, 11) is 0. The maximum Gasteiger partial charge on any atom is 0.123 e. The Labute approximate surface area is 141 Å². The normalized spacial score (nSPS) is 21.0. The number of rotatable bonds is 3. The topological polar surface area (TPSA) is 12.0 Å². The highest BCUT2D eigenvalue weighted by Crippen LogP contribution is 2.41. The quantitative estimate of drug-likeness (QED) is 0.654. The molecule has 0 saturated heterocycles. The number of anilines is 1. The third-order valence-corrected chi connectivity index (χ3v) is 4.87. The van der Waals surface area contributed by atoms with Crippen LogP contribution in [0.2, 0.25) is 10.0 Å². The number of hydrogen-bond acceptors (Lipinski definition) is 1. The van der Waals surface area contributed by atoms with Crippen molar-refractivity contribution in [3.8, 4) is 0 Å². The van der Waals surface area contributed by atoms with Gasteiger partial charge in [0.25, 0.3) is 0 Å². The van der Waals surface area contributed by atoms with Crippen molar-refractivity contribution in [1.82, 2.24) is 0 Å². The van der Waals surface area contributed by atoms with Crippen LogP contribution in [0.3, 0.4) is 0 Å². The Morgan fingerprint density at radius 1 is 1.10 bits per heavy atom. The van der Waals surface area contributed by atoms with Crippen LogP contribution in [0.4, 0.5) is 10.1 Å². The van der Waals surface area contributed by atoms with Gasteiger partial charge in [-0.05, 0) is 48.6 Å². The van der Waals surface area contributed by atoms with E-state index in [9.17, 15) is 4.39 Å². The molecule has 1 nitrogen and oxygen atoms in total. The van der Waals surface area contributed by atoms with Gasteiger partial charge < -0.3 is 5.32 Å². The third kappa shape index (κ3) is 3.36. The molecule has 0 atom stereocenters. The first-order valence-corrected chi connectivity index (χ1v) is 8.24. The smallest absolute Gasteiger partial charge is 0.123 e. The van der Waals surface area contributed by atoms with Crippen molar-refractivity contribution >= 4 is 44.8 Å². The SMILES string of the molecule is Fc1cccc(C2CC(Nc3c(Cl)cc(Br)cc3Cl)C2)c1. The molecule has 0 radical (unpaired) electrons. The maximum absolute atomic E-state index is 13.2. The van der Waals surface area contributed by atoms with E-state index in [4.69, 9.17) is 23.2 Å². The Balaban J connectivity index is 1.65. The average molecular weight is 389 g/mol. The minimum atomic E-state index is -0.178. The van der Waals surface area contributed by atoms with Crippen LogP contribution in [-0.2, 0) is 0 Å². The standard InChI is InChI=1S/C16H13BrCl2FN/c17-11-7-14(18)16(15(19)8-11)21-13-5-10(6-13)9-2-1-3-12(20)4-9/h1-4,7-8,10,13,21H,5-6H2. The van der Waals surface area contributed by atoms with E-state index in [2.05, 4.69) is 21.2 Å². The molecule has 0 aromatic heterocycles. The molecule has 0 bridgehead atoms. The van der Waals surface area contributed by atoms with E-state index in [1.807, 2.05) is 18.2 Å². The van der Waals surface area contributed by atoms with Crippen LogP contribution < -0.4 is 5.32 Å². The zero-order valence-electron chi connectivity index (χ0n) is 11.0. The predicted molar refractivity (Wildman–Crippen MR) is 89.9 cm³/mol. The molecule has 21 heavy (non-hydrogen) atoms. The molecular formula is C16H13BrCl2FN. The van der Waals surface area contributed by atoms with E-state index < -0.39 is 0 Å². The molecule has 5 heteroatoms. The fourth-order valence-electron chi connectivity index (χ4n) is 2.65. The van der Waals surface area contributed by atoms with Gasteiger partial charge in [-0.25, -0.2) is 4.39 Å². The van der Waals surface area contributed by atoms with E-state index in [1.165, 1.54) is 6.07 Å². The van der Waals surface area contributed by atoms with Gasteiger partial charge in [0, 0.05) is 10.5 Å². The fourth-order valence-corrected chi connectivity index (χ4v) is 3.97. The number of nitrogens with one attached hydrogen (secondary N) is 1. The van der Waals surface area contributed by atoms with Crippen LogP contribution in [0.1, 0.15) is 24.3 Å². The Morgan fingerprint density at radius 2 is 1.76 bits per heavy atom. The Bertz CT molecular complexity index is 648. The summed E-state index contributed by atoms with van der Waals surface area (Å²) in [6, 6.07) is 10.8. The highest BCUT2D eigenvalue weighted by molar-refractivity contribution is 9.10. The summed E-state index contributed by atoms with van der Waals surface area (Å²) in [6.45, 7) is 0. The minimum Gasteiger partial charge on any atom is -0.380 e. The second-order valence-electron chi connectivity index (χ2n) is 5.31. The lowest BCUT2D eigenvalue weighted by molar-refractivity contribution is 0.373. The van der Waals surface area contributed by atoms with Gasteiger partial charge in [-0.1, -0.05) is 51.3 Å². The average Bonchev–Trinajstić information content (AvgIpc) is 2.35. The molecule has 1 saturated carbocycles. The lowest BCUT2D eigenvalue weighted by atomic mass is 9.76. The van der Waals surface area contributed by atoms with E-state index in [-0.39, 0.29) is 5.82 Å². The summed E-state index contributed by atoms with van der Waals surface area (Å²) < 4.78 is 14.1. The zero-order chi connectivity index (χ0) is 15.0. The summed E-state index contributed by atoms with van der Waals surface area (Å²) in [5.41, 5.74) is 1.82. The van der Waals surface area contributed by atoms with Crippen LogP contribution in [0.15, 0.2) is 40.9 Å². The molecule has 2 aromatic carbocycles. The van der Waals surface area contributed by atoms with Gasteiger partial charge >= 0.3 is 0 Å². The first-order valence-electron chi connectivity index (χ1n) is 6.69. The van der Waals surface area contributed by atoms with Gasteiger partial charge in [0.2, 0.25) is 0 Å². The molecule has 0 aliphatic heterocycles. The third-order valence-electron chi connectivity index (χ3n) is 3.81. The number of halogens is 4. The molecule has 0 heterocycles. The molecule has 2 aromatic rings. The van der Waals surface area contributed by atoms with E-state index >= 15 is 0 Å². The predicted octanol–water partition coefficient (Wildman–Crippen LogP) is 6.25. The first-order chi connectivity index (χ1) is 10.0. The molecule has 0 unspecified atom stereocenters. The molecule has 1 aliphatic rings. The van der Waals surface area contributed by atoms with E-state index in [1.54, 1.807) is 12.1 Å². The molecule has 3 rings (SSSR count). The van der Waals surface area contributed by atoms with Gasteiger partial charge in [0.1, 0.15) is 5.82 Å².